The Morgan fingerprint density at radius 2 is 1.79 bits per heavy atom. The van der Waals surface area contributed by atoms with Gasteiger partial charge in [0.25, 0.3) is 5.91 Å². The van der Waals surface area contributed by atoms with E-state index in [1.54, 1.807) is 32.4 Å². The molecule has 0 fully saturated rings. The van der Waals surface area contributed by atoms with Crippen LogP contribution >= 0.6 is 0 Å². The number of rotatable bonds is 7. The average molecular weight is 329 g/mol. The lowest BCUT2D eigenvalue weighted by molar-refractivity contribution is -0.885. The van der Waals surface area contributed by atoms with Crippen molar-refractivity contribution in [3.8, 4) is 11.5 Å². The molecule has 24 heavy (non-hydrogen) atoms. The lowest BCUT2D eigenvalue weighted by atomic mass is 10.1. The highest BCUT2D eigenvalue weighted by Gasteiger charge is 2.13. The van der Waals surface area contributed by atoms with E-state index in [0.717, 1.165) is 11.4 Å². The molecule has 128 valence electrons. The fourth-order valence-electron chi connectivity index (χ4n) is 2.59. The maximum Gasteiger partial charge on any atom is 0.279 e. The molecule has 0 aliphatic carbocycles. The number of aryl methyl sites for hydroxylation is 1. The van der Waals surface area contributed by atoms with Crippen LogP contribution in [0.3, 0.4) is 0 Å². The Bertz CT molecular complexity index is 701. The number of nitrogens with one attached hydrogen (secondary N) is 2. The van der Waals surface area contributed by atoms with Crippen molar-refractivity contribution in [2.45, 2.75) is 13.5 Å². The molecule has 2 aromatic rings. The van der Waals surface area contributed by atoms with Gasteiger partial charge in [0.2, 0.25) is 0 Å². The number of likely N-dealkylation sites (N-methyl/N-ethyl adjacent to an activating group) is 1. The molecule has 0 saturated carbocycles. The van der Waals surface area contributed by atoms with E-state index >= 15 is 0 Å². The molecule has 2 N–H and O–H groups in total. The molecule has 0 spiro atoms. The zero-order valence-corrected chi connectivity index (χ0v) is 14.7. The van der Waals surface area contributed by atoms with E-state index in [9.17, 15) is 4.79 Å². The Morgan fingerprint density at radius 1 is 1.08 bits per heavy atom. The van der Waals surface area contributed by atoms with E-state index < -0.39 is 0 Å². The van der Waals surface area contributed by atoms with Gasteiger partial charge in [-0.1, -0.05) is 24.3 Å². The Labute approximate surface area is 143 Å². The van der Waals surface area contributed by atoms with E-state index in [0.29, 0.717) is 23.7 Å². The topological polar surface area (TPSA) is 52.0 Å². The molecule has 5 heteroatoms. The van der Waals surface area contributed by atoms with Crippen LogP contribution in [0.4, 0.5) is 5.69 Å². The van der Waals surface area contributed by atoms with Gasteiger partial charge in [-0.15, -0.1) is 0 Å². The van der Waals surface area contributed by atoms with Crippen molar-refractivity contribution in [2.24, 2.45) is 0 Å². The molecule has 0 radical (unpaired) electrons. The number of amides is 1. The van der Waals surface area contributed by atoms with Crippen molar-refractivity contribution in [1.82, 2.24) is 0 Å². The van der Waals surface area contributed by atoms with E-state index in [-0.39, 0.29) is 5.91 Å². The second-order valence-electron chi connectivity index (χ2n) is 5.86. The number of carbonyl (C=O) groups excluding carboxylic acids is 1. The van der Waals surface area contributed by atoms with Crippen molar-refractivity contribution in [1.29, 1.82) is 0 Å². The first kappa shape index (κ1) is 17.8. The van der Waals surface area contributed by atoms with Crippen molar-refractivity contribution < 1.29 is 19.2 Å². The van der Waals surface area contributed by atoms with Gasteiger partial charge < -0.3 is 19.7 Å². The smallest absolute Gasteiger partial charge is 0.279 e. The number of ether oxygens (including phenoxy) is 2. The standard InChI is InChI=1S/C19H24N2O3/c1-14-7-5-6-8-15(14)12-21(2)13-19(22)20-16-9-10-17(23-3)18(11-16)24-4/h5-11H,12-13H2,1-4H3,(H,20,22)/p+1. The summed E-state index contributed by atoms with van der Waals surface area (Å²) in [5.41, 5.74) is 3.20. The van der Waals surface area contributed by atoms with E-state index in [1.165, 1.54) is 11.1 Å². The minimum Gasteiger partial charge on any atom is -0.493 e. The van der Waals surface area contributed by atoms with Gasteiger partial charge in [-0.2, -0.15) is 0 Å². The number of hydrogen-bond acceptors (Lipinski definition) is 3. The van der Waals surface area contributed by atoms with Gasteiger partial charge >= 0.3 is 0 Å². The second-order valence-corrected chi connectivity index (χ2v) is 5.86. The van der Waals surface area contributed by atoms with E-state index in [2.05, 4.69) is 24.4 Å². The van der Waals surface area contributed by atoms with Crippen molar-refractivity contribution in [3.63, 3.8) is 0 Å². The number of anilines is 1. The third kappa shape index (κ3) is 4.73. The molecule has 1 amide bonds. The maximum absolute atomic E-state index is 12.2. The zero-order chi connectivity index (χ0) is 17.5. The van der Waals surface area contributed by atoms with Gasteiger partial charge in [0.1, 0.15) is 6.54 Å². The van der Waals surface area contributed by atoms with Crippen LogP contribution in [0.5, 0.6) is 11.5 Å². The predicted molar refractivity (Wildman–Crippen MR) is 94.8 cm³/mol. The monoisotopic (exact) mass is 329 g/mol. The zero-order valence-electron chi connectivity index (χ0n) is 14.7. The first-order chi connectivity index (χ1) is 11.5. The third-order valence-corrected chi connectivity index (χ3v) is 3.88. The highest BCUT2D eigenvalue weighted by atomic mass is 16.5. The van der Waals surface area contributed by atoms with Gasteiger partial charge in [0.05, 0.1) is 21.3 Å². The molecule has 0 saturated heterocycles. The lowest BCUT2D eigenvalue weighted by Gasteiger charge is -2.15. The lowest BCUT2D eigenvalue weighted by Crippen LogP contribution is -3.08. The molecule has 2 aromatic carbocycles. The molecule has 1 unspecified atom stereocenters. The Balaban J connectivity index is 1.94. The van der Waals surface area contributed by atoms with Crippen LogP contribution in [0.25, 0.3) is 0 Å². The first-order valence-electron chi connectivity index (χ1n) is 7.91. The minimum atomic E-state index is -0.0340. The van der Waals surface area contributed by atoms with Gasteiger partial charge in [0.15, 0.2) is 18.0 Å². The highest BCUT2D eigenvalue weighted by Crippen LogP contribution is 2.29. The van der Waals surface area contributed by atoms with E-state index in [1.807, 2.05) is 19.2 Å². The number of carbonyl (C=O) groups is 1. The molecule has 1 atom stereocenters. The van der Waals surface area contributed by atoms with Gasteiger partial charge in [-0.25, -0.2) is 0 Å². The second kappa shape index (κ2) is 8.36. The van der Waals surface area contributed by atoms with Crippen LogP contribution in [0, 0.1) is 6.92 Å². The van der Waals surface area contributed by atoms with Crippen LogP contribution in [0.15, 0.2) is 42.5 Å². The molecule has 2 rings (SSSR count). The number of quaternary nitrogens is 1. The number of benzene rings is 2. The van der Waals surface area contributed by atoms with Crippen molar-refractivity contribution in [2.75, 3.05) is 33.1 Å². The maximum atomic E-state index is 12.2. The third-order valence-electron chi connectivity index (χ3n) is 3.88. The normalized spacial score (nSPS) is 11.7. The molecule has 0 bridgehead atoms. The van der Waals surface area contributed by atoms with Gasteiger partial charge in [0, 0.05) is 17.3 Å². The summed E-state index contributed by atoms with van der Waals surface area (Å²) in [5.74, 6) is 1.20. The van der Waals surface area contributed by atoms with Crippen LogP contribution in [-0.2, 0) is 11.3 Å². The molecule has 0 aromatic heterocycles. The Morgan fingerprint density at radius 3 is 2.46 bits per heavy atom. The number of methoxy groups -OCH3 is 2. The molecular formula is C19H25N2O3+. The summed E-state index contributed by atoms with van der Waals surface area (Å²) < 4.78 is 10.4. The van der Waals surface area contributed by atoms with Crippen molar-refractivity contribution >= 4 is 11.6 Å². The summed E-state index contributed by atoms with van der Waals surface area (Å²) in [6, 6.07) is 13.6. The highest BCUT2D eigenvalue weighted by molar-refractivity contribution is 5.91. The summed E-state index contributed by atoms with van der Waals surface area (Å²) >= 11 is 0. The van der Waals surface area contributed by atoms with Gasteiger partial charge in [-0.3, -0.25) is 4.79 Å². The quantitative estimate of drug-likeness (QED) is 0.812. The Hall–Kier alpha value is -2.53. The van der Waals surface area contributed by atoms with Crippen LogP contribution < -0.4 is 19.7 Å². The predicted octanol–water partition coefficient (Wildman–Crippen LogP) is 1.67. The molecule has 0 heterocycles. The summed E-state index contributed by atoms with van der Waals surface area (Å²) in [6.07, 6.45) is 0. The first-order valence-corrected chi connectivity index (χ1v) is 7.91. The fourth-order valence-corrected chi connectivity index (χ4v) is 2.59. The average Bonchev–Trinajstić information content (AvgIpc) is 2.56. The molecule has 5 nitrogen and oxygen atoms in total. The summed E-state index contributed by atoms with van der Waals surface area (Å²) in [6.45, 7) is 3.29. The molecular weight excluding hydrogens is 304 g/mol. The minimum absolute atomic E-state index is 0.0340. The van der Waals surface area contributed by atoms with Crippen LogP contribution in [0.2, 0.25) is 0 Å². The molecule has 0 aliphatic heterocycles. The summed E-state index contributed by atoms with van der Waals surface area (Å²) in [7, 11) is 5.17. The summed E-state index contributed by atoms with van der Waals surface area (Å²) in [5, 5.41) is 2.90. The summed E-state index contributed by atoms with van der Waals surface area (Å²) in [4.78, 5) is 13.4. The van der Waals surface area contributed by atoms with Crippen LogP contribution in [0.1, 0.15) is 11.1 Å². The van der Waals surface area contributed by atoms with Gasteiger partial charge in [-0.05, 0) is 24.6 Å². The molecule has 0 aliphatic rings. The van der Waals surface area contributed by atoms with Crippen LogP contribution in [-0.4, -0.2) is 33.7 Å². The fraction of sp³-hybridized carbons (Fsp3) is 0.316. The largest absolute Gasteiger partial charge is 0.493 e. The number of hydrogen-bond donors (Lipinski definition) is 2. The van der Waals surface area contributed by atoms with Crippen molar-refractivity contribution in [3.05, 3.63) is 53.6 Å². The Kier molecular flexibility index (Phi) is 6.21. The van der Waals surface area contributed by atoms with E-state index in [4.69, 9.17) is 9.47 Å². The SMILES string of the molecule is COc1ccc(NC(=O)C[NH+](C)Cc2ccccc2C)cc1OC.